The van der Waals surface area contributed by atoms with Crippen molar-refractivity contribution in [3.05, 3.63) is 29.8 Å². The largest absolute Gasteiger partial charge is 0.394 e. The lowest BCUT2D eigenvalue weighted by atomic mass is 10.0. The summed E-state index contributed by atoms with van der Waals surface area (Å²) in [6, 6.07) is 7.47. The molecule has 0 radical (unpaired) electrons. The third-order valence-electron chi connectivity index (χ3n) is 3.53. The van der Waals surface area contributed by atoms with E-state index >= 15 is 0 Å². The molecule has 0 aromatic heterocycles. The first-order valence-corrected chi connectivity index (χ1v) is 6.46. The Labute approximate surface area is 108 Å². The van der Waals surface area contributed by atoms with Crippen LogP contribution in [0, 0.1) is 0 Å². The number of rotatable bonds is 3. The zero-order valence-corrected chi connectivity index (χ0v) is 10.7. The van der Waals surface area contributed by atoms with Gasteiger partial charge in [0.05, 0.1) is 18.2 Å². The average molecular weight is 248 g/mol. The fraction of sp³-hybridized carbons (Fsp3) is 0.500. The summed E-state index contributed by atoms with van der Waals surface area (Å²) in [4.78, 5) is 14.3. The molecule has 1 fully saturated rings. The van der Waals surface area contributed by atoms with Gasteiger partial charge in [0.2, 0.25) is 0 Å². The minimum Gasteiger partial charge on any atom is -0.394 e. The number of carbonyl (C=O) groups is 1. The number of aliphatic hydroxyl groups excluding tert-OH is 1. The summed E-state index contributed by atoms with van der Waals surface area (Å²) < 4.78 is 0. The molecule has 0 saturated carbocycles. The van der Waals surface area contributed by atoms with Gasteiger partial charge in [0.15, 0.2) is 0 Å². The topological polar surface area (TPSA) is 52.6 Å². The van der Waals surface area contributed by atoms with E-state index in [1.807, 2.05) is 31.3 Å². The molecule has 2 rings (SSSR count). The molecule has 0 bridgehead atoms. The van der Waals surface area contributed by atoms with E-state index in [0.717, 1.165) is 31.5 Å². The Kier molecular flexibility index (Phi) is 4.20. The molecule has 1 unspecified atom stereocenters. The van der Waals surface area contributed by atoms with Gasteiger partial charge in [-0.25, -0.2) is 0 Å². The minimum atomic E-state index is -0.0313. The molecule has 1 amide bonds. The van der Waals surface area contributed by atoms with E-state index in [-0.39, 0.29) is 18.6 Å². The number of piperidine rings is 1. The number of amides is 1. The van der Waals surface area contributed by atoms with Crippen molar-refractivity contribution < 1.29 is 9.90 Å². The number of anilines is 1. The molecular formula is C14H20N2O2. The number of para-hydroxylation sites is 1. The van der Waals surface area contributed by atoms with Crippen LogP contribution in [0.5, 0.6) is 0 Å². The predicted octanol–water partition coefficient (Wildman–Crippen LogP) is 1.72. The Balaban J connectivity index is 2.24. The SMILES string of the molecule is CNc1ccccc1C(=O)N1CCCCC1CO. The number of carbonyl (C=O) groups excluding carboxylic acids is 1. The van der Waals surface area contributed by atoms with E-state index in [1.54, 1.807) is 4.90 Å². The van der Waals surface area contributed by atoms with Crippen LogP contribution in [0.2, 0.25) is 0 Å². The highest BCUT2D eigenvalue weighted by Gasteiger charge is 2.27. The molecule has 98 valence electrons. The van der Waals surface area contributed by atoms with Crippen LogP contribution in [-0.4, -0.2) is 42.2 Å². The van der Waals surface area contributed by atoms with Gasteiger partial charge in [0.25, 0.3) is 5.91 Å². The standard InChI is InChI=1S/C14H20N2O2/c1-15-13-8-3-2-7-12(13)14(18)16-9-5-4-6-11(16)10-17/h2-3,7-8,11,15,17H,4-6,9-10H2,1H3. The lowest BCUT2D eigenvalue weighted by Gasteiger charge is -2.35. The molecule has 1 aliphatic heterocycles. The van der Waals surface area contributed by atoms with Crippen LogP contribution < -0.4 is 5.32 Å². The first kappa shape index (κ1) is 12.9. The molecule has 4 nitrogen and oxygen atoms in total. The molecule has 18 heavy (non-hydrogen) atoms. The van der Waals surface area contributed by atoms with Crippen LogP contribution in [0.1, 0.15) is 29.6 Å². The number of nitrogens with zero attached hydrogens (tertiary/aromatic N) is 1. The first-order chi connectivity index (χ1) is 8.77. The first-order valence-electron chi connectivity index (χ1n) is 6.46. The van der Waals surface area contributed by atoms with Gasteiger partial charge in [-0.05, 0) is 31.4 Å². The predicted molar refractivity (Wildman–Crippen MR) is 71.8 cm³/mol. The van der Waals surface area contributed by atoms with E-state index in [2.05, 4.69) is 5.32 Å². The van der Waals surface area contributed by atoms with Crippen molar-refractivity contribution in [1.82, 2.24) is 4.90 Å². The van der Waals surface area contributed by atoms with Crippen molar-refractivity contribution in [2.75, 3.05) is 25.5 Å². The maximum Gasteiger partial charge on any atom is 0.256 e. The number of aliphatic hydroxyl groups is 1. The summed E-state index contributed by atoms with van der Waals surface area (Å²) >= 11 is 0. The van der Waals surface area contributed by atoms with E-state index in [4.69, 9.17) is 0 Å². The highest BCUT2D eigenvalue weighted by Crippen LogP contribution is 2.22. The molecule has 0 spiro atoms. The van der Waals surface area contributed by atoms with E-state index in [1.165, 1.54) is 0 Å². The third-order valence-corrected chi connectivity index (χ3v) is 3.53. The second kappa shape index (κ2) is 5.87. The zero-order valence-electron chi connectivity index (χ0n) is 10.7. The van der Waals surface area contributed by atoms with E-state index in [0.29, 0.717) is 5.56 Å². The third kappa shape index (κ3) is 2.48. The van der Waals surface area contributed by atoms with Gasteiger partial charge in [-0.3, -0.25) is 4.79 Å². The van der Waals surface area contributed by atoms with Crippen molar-refractivity contribution in [2.45, 2.75) is 25.3 Å². The Morgan fingerprint density at radius 2 is 2.22 bits per heavy atom. The molecule has 2 N–H and O–H groups in total. The van der Waals surface area contributed by atoms with E-state index < -0.39 is 0 Å². The number of likely N-dealkylation sites (tertiary alicyclic amines) is 1. The van der Waals surface area contributed by atoms with E-state index in [9.17, 15) is 9.90 Å². The summed E-state index contributed by atoms with van der Waals surface area (Å²) in [6.07, 6.45) is 3.00. The maximum atomic E-state index is 12.5. The van der Waals surface area contributed by atoms with Gasteiger partial charge in [-0.1, -0.05) is 12.1 Å². The molecule has 1 aromatic rings. The highest BCUT2D eigenvalue weighted by molar-refractivity contribution is 5.99. The van der Waals surface area contributed by atoms with Crippen LogP contribution in [0.4, 0.5) is 5.69 Å². The van der Waals surface area contributed by atoms with Crippen LogP contribution in [0.3, 0.4) is 0 Å². The zero-order chi connectivity index (χ0) is 13.0. The van der Waals surface area contributed by atoms with Crippen molar-refractivity contribution in [3.63, 3.8) is 0 Å². The van der Waals surface area contributed by atoms with Crippen LogP contribution in [-0.2, 0) is 0 Å². The fourth-order valence-corrected chi connectivity index (χ4v) is 2.50. The normalized spacial score (nSPS) is 19.7. The van der Waals surface area contributed by atoms with Crippen molar-refractivity contribution in [3.8, 4) is 0 Å². The van der Waals surface area contributed by atoms with Crippen molar-refractivity contribution >= 4 is 11.6 Å². The smallest absolute Gasteiger partial charge is 0.256 e. The molecule has 1 aliphatic rings. The molecule has 4 heteroatoms. The Morgan fingerprint density at radius 1 is 1.44 bits per heavy atom. The molecule has 1 heterocycles. The number of nitrogens with one attached hydrogen (secondary N) is 1. The number of benzene rings is 1. The Bertz CT molecular complexity index is 420. The molecular weight excluding hydrogens is 228 g/mol. The van der Waals surface area contributed by atoms with Gasteiger partial charge in [0, 0.05) is 19.3 Å². The van der Waals surface area contributed by atoms with Crippen LogP contribution in [0.25, 0.3) is 0 Å². The van der Waals surface area contributed by atoms with Gasteiger partial charge in [0.1, 0.15) is 0 Å². The summed E-state index contributed by atoms with van der Waals surface area (Å²) in [6.45, 7) is 0.787. The monoisotopic (exact) mass is 248 g/mol. The van der Waals surface area contributed by atoms with Crippen molar-refractivity contribution in [1.29, 1.82) is 0 Å². The Morgan fingerprint density at radius 3 is 2.94 bits per heavy atom. The Hall–Kier alpha value is -1.55. The van der Waals surface area contributed by atoms with Gasteiger partial charge in [-0.15, -0.1) is 0 Å². The lowest BCUT2D eigenvalue weighted by molar-refractivity contribution is 0.0504. The minimum absolute atomic E-state index is 0.0127. The molecule has 1 atom stereocenters. The number of hydrogen-bond donors (Lipinski definition) is 2. The summed E-state index contributed by atoms with van der Waals surface area (Å²) in [5.74, 6) is 0.0127. The fourth-order valence-electron chi connectivity index (χ4n) is 2.50. The van der Waals surface area contributed by atoms with Crippen molar-refractivity contribution in [2.24, 2.45) is 0 Å². The van der Waals surface area contributed by atoms with Gasteiger partial charge in [-0.2, -0.15) is 0 Å². The van der Waals surface area contributed by atoms with Crippen LogP contribution in [0.15, 0.2) is 24.3 Å². The maximum absolute atomic E-state index is 12.5. The van der Waals surface area contributed by atoms with Gasteiger partial charge < -0.3 is 15.3 Å². The quantitative estimate of drug-likeness (QED) is 0.856. The summed E-state index contributed by atoms with van der Waals surface area (Å²) in [5.41, 5.74) is 1.52. The lowest BCUT2D eigenvalue weighted by Crippen LogP contribution is -2.45. The highest BCUT2D eigenvalue weighted by atomic mass is 16.3. The second-order valence-electron chi connectivity index (χ2n) is 4.63. The second-order valence-corrected chi connectivity index (χ2v) is 4.63. The molecule has 1 aromatic carbocycles. The van der Waals surface area contributed by atoms with Gasteiger partial charge >= 0.3 is 0 Å². The average Bonchev–Trinajstić information content (AvgIpc) is 2.46. The molecule has 1 saturated heterocycles. The molecule has 0 aliphatic carbocycles. The summed E-state index contributed by atoms with van der Waals surface area (Å²) in [5, 5.41) is 12.4. The number of hydrogen-bond acceptors (Lipinski definition) is 3. The summed E-state index contributed by atoms with van der Waals surface area (Å²) in [7, 11) is 1.81. The van der Waals surface area contributed by atoms with Crippen LogP contribution >= 0.6 is 0 Å².